The molecule has 2 aromatic carbocycles. The molecule has 0 fully saturated rings. The van der Waals surface area contributed by atoms with Crippen molar-refractivity contribution < 1.29 is 0 Å². The fourth-order valence-corrected chi connectivity index (χ4v) is 5.24. The van der Waals surface area contributed by atoms with Crippen LogP contribution in [0.1, 0.15) is 22.8 Å². The summed E-state index contributed by atoms with van der Waals surface area (Å²) in [6.45, 7) is 0. The predicted molar refractivity (Wildman–Crippen MR) is 100 cm³/mol. The Kier molecular flexibility index (Phi) is 5.50. The third-order valence-electron chi connectivity index (χ3n) is 3.42. The van der Waals surface area contributed by atoms with E-state index >= 15 is 0 Å². The molecule has 108 valence electrons. The smallest absolute Gasteiger partial charge is 0.0550 e. The minimum Gasteiger partial charge on any atom is -0.144 e. The van der Waals surface area contributed by atoms with Crippen LogP contribution in [-0.2, 0) is 0 Å². The van der Waals surface area contributed by atoms with E-state index in [0.717, 1.165) is 10.2 Å². The van der Waals surface area contributed by atoms with E-state index in [1.807, 2.05) is 23.5 Å². The summed E-state index contributed by atoms with van der Waals surface area (Å²) in [6.07, 6.45) is 3.62. The van der Waals surface area contributed by atoms with Crippen LogP contribution in [0.3, 0.4) is 0 Å². The Labute approximate surface area is 143 Å². The van der Waals surface area contributed by atoms with E-state index in [1.165, 1.54) is 28.2 Å². The van der Waals surface area contributed by atoms with Crippen molar-refractivity contribution in [3.8, 4) is 0 Å². The van der Waals surface area contributed by atoms with Gasteiger partial charge in [-0.25, -0.2) is 0 Å². The van der Waals surface area contributed by atoms with E-state index in [4.69, 9.17) is 0 Å². The molecule has 1 unspecified atom stereocenters. The van der Waals surface area contributed by atoms with Gasteiger partial charge in [0.15, 0.2) is 0 Å². The van der Waals surface area contributed by atoms with Crippen molar-refractivity contribution in [2.45, 2.75) is 11.7 Å². The average molecular weight is 377 g/mol. The van der Waals surface area contributed by atoms with Crippen molar-refractivity contribution in [1.82, 2.24) is 0 Å². The third-order valence-corrected chi connectivity index (χ3v) is 6.58. The van der Waals surface area contributed by atoms with Crippen molar-refractivity contribution in [2.75, 3.05) is 11.5 Å². The van der Waals surface area contributed by atoms with Gasteiger partial charge in [-0.15, -0.1) is 23.5 Å². The molecule has 1 aliphatic rings. The Morgan fingerprint density at radius 3 is 2.57 bits per heavy atom. The molecule has 0 saturated carbocycles. The van der Waals surface area contributed by atoms with Gasteiger partial charge < -0.3 is 0 Å². The van der Waals surface area contributed by atoms with E-state index in [9.17, 15) is 0 Å². The van der Waals surface area contributed by atoms with Crippen LogP contribution in [0.4, 0.5) is 0 Å². The summed E-state index contributed by atoms with van der Waals surface area (Å²) in [7, 11) is 0. The van der Waals surface area contributed by atoms with Gasteiger partial charge in [-0.2, -0.15) is 0 Å². The van der Waals surface area contributed by atoms with Gasteiger partial charge in [0.05, 0.1) is 5.25 Å². The molecule has 1 heterocycles. The first-order chi connectivity index (χ1) is 10.3. The number of thioether (sulfide) groups is 2. The van der Waals surface area contributed by atoms with Crippen molar-refractivity contribution in [3.63, 3.8) is 0 Å². The third kappa shape index (κ3) is 4.18. The van der Waals surface area contributed by atoms with Gasteiger partial charge in [0.1, 0.15) is 0 Å². The molecular formula is C18H17BrS2. The molecule has 21 heavy (non-hydrogen) atoms. The summed E-state index contributed by atoms with van der Waals surface area (Å²) >= 11 is 7.63. The highest BCUT2D eigenvalue weighted by Crippen LogP contribution is 2.39. The van der Waals surface area contributed by atoms with Crippen LogP contribution >= 0.6 is 39.5 Å². The summed E-state index contributed by atoms with van der Waals surface area (Å²) < 4.78 is 1.15. The summed E-state index contributed by atoms with van der Waals surface area (Å²) in [5.41, 5.74) is 2.74. The highest BCUT2D eigenvalue weighted by Gasteiger charge is 2.16. The molecule has 3 rings (SSSR count). The van der Waals surface area contributed by atoms with Crippen LogP contribution in [0.25, 0.3) is 0 Å². The van der Waals surface area contributed by atoms with Crippen LogP contribution in [-0.4, -0.2) is 11.5 Å². The number of hydrogen-bond acceptors (Lipinski definition) is 2. The topological polar surface area (TPSA) is 0 Å². The Hall–Kier alpha value is -0.640. The van der Waals surface area contributed by atoms with Gasteiger partial charge >= 0.3 is 0 Å². The van der Waals surface area contributed by atoms with Crippen LogP contribution in [0.2, 0.25) is 0 Å². The molecule has 1 aliphatic heterocycles. The summed E-state index contributed by atoms with van der Waals surface area (Å²) in [4.78, 5) is 1.54. The minimum absolute atomic E-state index is 0.394. The Balaban J connectivity index is 1.84. The second-order valence-electron chi connectivity index (χ2n) is 4.96. The van der Waals surface area contributed by atoms with Crippen molar-refractivity contribution in [1.29, 1.82) is 0 Å². The Bertz CT molecular complexity index is 622. The van der Waals surface area contributed by atoms with Gasteiger partial charge in [0.2, 0.25) is 0 Å². The molecule has 0 amide bonds. The average Bonchev–Trinajstić information content (AvgIpc) is 3.02. The molecule has 0 saturated heterocycles. The lowest BCUT2D eigenvalue weighted by atomic mass is 10.0. The second-order valence-corrected chi connectivity index (χ2v) is 8.19. The van der Waals surface area contributed by atoms with Crippen LogP contribution in [0.5, 0.6) is 0 Å². The van der Waals surface area contributed by atoms with Crippen molar-refractivity contribution in [2.24, 2.45) is 0 Å². The first-order valence-corrected chi connectivity index (χ1v) is 9.89. The van der Waals surface area contributed by atoms with E-state index in [0.29, 0.717) is 5.25 Å². The molecule has 1 atom stereocenters. The van der Waals surface area contributed by atoms with Gasteiger partial charge in [-0.3, -0.25) is 0 Å². The number of benzene rings is 2. The first kappa shape index (κ1) is 15.3. The maximum absolute atomic E-state index is 3.60. The minimum atomic E-state index is 0.394. The quantitative estimate of drug-likeness (QED) is 0.600. The van der Waals surface area contributed by atoms with Gasteiger partial charge in [0, 0.05) is 16.0 Å². The monoisotopic (exact) mass is 376 g/mol. The highest BCUT2D eigenvalue weighted by molar-refractivity contribution is 9.10. The lowest BCUT2D eigenvalue weighted by Gasteiger charge is -2.18. The highest BCUT2D eigenvalue weighted by atomic mass is 79.9. The van der Waals surface area contributed by atoms with E-state index < -0.39 is 0 Å². The van der Waals surface area contributed by atoms with Crippen molar-refractivity contribution >= 4 is 39.5 Å². The largest absolute Gasteiger partial charge is 0.144 e. The zero-order chi connectivity index (χ0) is 14.5. The number of rotatable bonds is 5. The fraction of sp³-hybridized carbons (Fsp3) is 0.222. The maximum atomic E-state index is 3.60. The molecular weight excluding hydrogens is 360 g/mol. The number of halogens is 1. The molecule has 0 bridgehead atoms. The molecule has 0 aromatic heterocycles. The van der Waals surface area contributed by atoms with E-state index in [-0.39, 0.29) is 0 Å². The molecule has 0 spiro atoms. The molecule has 0 aliphatic carbocycles. The van der Waals surface area contributed by atoms with Crippen LogP contribution in [0, 0.1) is 0 Å². The van der Waals surface area contributed by atoms with Crippen LogP contribution < -0.4 is 0 Å². The lowest BCUT2D eigenvalue weighted by molar-refractivity contribution is 1.15. The Morgan fingerprint density at radius 2 is 1.86 bits per heavy atom. The van der Waals surface area contributed by atoms with Crippen molar-refractivity contribution in [3.05, 3.63) is 81.2 Å². The zero-order valence-electron chi connectivity index (χ0n) is 11.7. The summed E-state index contributed by atoms with van der Waals surface area (Å²) in [5.74, 6) is 2.36. The summed E-state index contributed by atoms with van der Waals surface area (Å²) in [6, 6.07) is 19.5. The zero-order valence-corrected chi connectivity index (χ0v) is 14.9. The molecule has 0 radical (unpaired) electrons. The van der Waals surface area contributed by atoms with Gasteiger partial charge in [-0.1, -0.05) is 64.5 Å². The standard InChI is InChI=1S/C18H17BrS2/c19-16-9-4-8-15(12-16)18(14-6-2-1-3-7-14)21-13-17-10-5-11-20-17/h1-4,6-10,12,18H,5,11,13H2. The lowest BCUT2D eigenvalue weighted by Crippen LogP contribution is -1.98. The van der Waals surface area contributed by atoms with Gasteiger partial charge in [0.25, 0.3) is 0 Å². The van der Waals surface area contributed by atoms with E-state index in [1.54, 1.807) is 0 Å². The number of hydrogen-bond donors (Lipinski definition) is 0. The van der Waals surface area contributed by atoms with Crippen LogP contribution in [0.15, 0.2) is 70.1 Å². The molecule has 0 nitrogen and oxygen atoms in total. The first-order valence-electron chi connectivity index (χ1n) is 7.07. The number of allylic oxidation sites excluding steroid dienone is 1. The molecule has 3 heteroatoms. The van der Waals surface area contributed by atoms with E-state index in [2.05, 4.69) is 76.6 Å². The predicted octanol–water partition coefficient (Wildman–Crippen LogP) is 6.29. The maximum Gasteiger partial charge on any atom is 0.0550 e. The second kappa shape index (κ2) is 7.57. The summed E-state index contributed by atoms with van der Waals surface area (Å²) in [5, 5.41) is 0.394. The molecule has 2 aromatic rings. The molecule has 0 N–H and O–H groups in total. The SMILES string of the molecule is Brc1cccc(C(SCC2=CCCS2)c2ccccc2)c1. The normalized spacial score (nSPS) is 15.8. The fourth-order valence-electron chi connectivity index (χ4n) is 2.42. The van der Waals surface area contributed by atoms with Gasteiger partial charge in [-0.05, 0) is 34.6 Å². The Morgan fingerprint density at radius 1 is 1.05 bits per heavy atom.